The number of fused-ring (bicyclic) bond motifs is 1. The average molecular weight is 453 g/mol. The minimum Gasteiger partial charge on any atom is -0.374 e. The first-order valence-corrected chi connectivity index (χ1v) is 12.6. The summed E-state index contributed by atoms with van der Waals surface area (Å²) in [5, 5.41) is 5.65. The number of thioether (sulfide) groups is 1. The Hall–Kier alpha value is -2.51. The topological polar surface area (TPSA) is 64.7 Å². The molecule has 0 bridgehead atoms. The second-order valence-electron chi connectivity index (χ2n) is 8.54. The smallest absolute Gasteiger partial charge is 0.313 e. The van der Waals surface area contributed by atoms with Gasteiger partial charge in [-0.1, -0.05) is 30.7 Å². The van der Waals surface area contributed by atoms with E-state index in [1.165, 1.54) is 47.8 Å². The first kappa shape index (κ1) is 22.7. The molecule has 0 unspecified atom stereocenters. The third-order valence-electron chi connectivity index (χ3n) is 6.46. The van der Waals surface area contributed by atoms with Crippen LogP contribution < -0.4 is 15.5 Å². The number of para-hydroxylation sites is 1. The molecule has 1 fully saturated rings. The maximum absolute atomic E-state index is 12.6. The molecule has 170 valence electrons. The first-order chi connectivity index (χ1) is 15.6. The van der Waals surface area contributed by atoms with Gasteiger partial charge in [-0.2, -0.15) is 0 Å². The molecule has 4 rings (SSSR count). The molecule has 0 saturated carbocycles. The molecule has 7 heteroatoms. The highest BCUT2D eigenvalue weighted by Crippen LogP contribution is 2.32. The highest BCUT2D eigenvalue weighted by Gasteiger charge is 2.26. The van der Waals surface area contributed by atoms with Gasteiger partial charge in [0.2, 0.25) is 0 Å². The zero-order valence-electron chi connectivity index (χ0n) is 18.9. The normalized spacial score (nSPS) is 17.0. The maximum Gasteiger partial charge on any atom is 0.313 e. The number of rotatable bonds is 6. The van der Waals surface area contributed by atoms with Crippen LogP contribution in [0.15, 0.2) is 47.4 Å². The lowest BCUT2D eigenvalue weighted by atomic mass is 9.98. The van der Waals surface area contributed by atoms with Crippen LogP contribution in [-0.4, -0.2) is 56.2 Å². The number of carbonyl (C=O) groups excluding carboxylic acids is 2. The lowest BCUT2D eigenvalue weighted by Crippen LogP contribution is -2.43. The Morgan fingerprint density at radius 3 is 2.59 bits per heavy atom. The Morgan fingerprint density at radius 1 is 1.03 bits per heavy atom. The molecule has 2 heterocycles. The summed E-state index contributed by atoms with van der Waals surface area (Å²) in [6.45, 7) is 3.50. The van der Waals surface area contributed by atoms with E-state index in [1.807, 2.05) is 30.5 Å². The number of benzene rings is 2. The van der Waals surface area contributed by atoms with E-state index in [-0.39, 0.29) is 6.04 Å². The minimum atomic E-state index is -0.625. The van der Waals surface area contributed by atoms with Gasteiger partial charge < -0.3 is 15.5 Å². The summed E-state index contributed by atoms with van der Waals surface area (Å²) < 4.78 is 0. The molecule has 2 aromatic carbocycles. The van der Waals surface area contributed by atoms with E-state index < -0.39 is 11.8 Å². The molecule has 32 heavy (non-hydrogen) atoms. The summed E-state index contributed by atoms with van der Waals surface area (Å²) in [6.07, 6.45) is 6.59. The van der Waals surface area contributed by atoms with Crippen molar-refractivity contribution in [2.24, 2.45) is 0 Å². The minimum absolute atomic E-state index is 0.0711. The largest absolute Gasteiger partial charge is 0.374 e. The van der Waals surface area contributed by atoms with Crippen molar-refractivity contribution in [3.05, 3.63) is 53.6 Å². The lowest BCUT2D eigenvalue weighted by molar-refractivity contribution is -0.136. The lowest BCUT2D eigenvalue weighted by Gasteiger charge is -2.35. The van der Waals surface area contributed by atoms with Gasteiger partial charge in [0.25, 0.3) is 0 Å². The van der Waals surface area contributed by atoms with Gasteiger partial charge in [0.05, 0.1) is 11.7 Å². The zero-order valence-corrected chi connectivity index (χ0v) is 19.7. The number of carbonyl (C=O) groups is 2. The van der Waals surface area contributed by atoms with E-state index >= 15 is 0 Å². The number of likely N-dealkylation sites (tertiary alicyclic amines) is 1. The number of amides is 2. The Bertz CT molecular complexity index is 974. The van der Waals surface area contributed by atoms with Crippen LogP contribution in [0.1, 0.15) is 36.4 Å². The van der Waals surface area contributed by atoms with Crippen molar-refractivity contribution < 1.29 is 9.59 Å². The monoisotopic (exact) mass is 452 g/mol. The molecular weight excluding hydrogens is 420 g/mol. The SMILES string of the molecule is CSc1ccccc1NC(=O)C(=O)NC[C@H](c1ccc2c(c1)CCN2C)N1CCCCC1. The van der Waals surface area contributed by atoms with Crippen LogP contribution in [0.2, 0.25) is 0 Å². The number of anilines is 2. The summed E-state index contributed by atoms with van der Waals surface area (Å²) in [5.41, 5.74) is 4.54. The van der Waals surface area contributed by atoms with Crippen molar-refractivity contribution in [1.29, 1.82) is 0 Å². The molecule has 2 aliphatic heterocycles. The van der Waals surface area contributed by atoms with Crippen LogP contribution in [0.25, 0.3) is 0 Å². The number of piperidine rings is 1. The molecule has 6 nitrogen and oxygen atoms in total. The van der Waals surface area contributed by atoms with E-state index in [2.05, 4.69) is 45.7 Å². The van der Waals surface area contributed by atoms with Crippen molar-refractivity contribution in [3.8, 4) is 0 Å². The number of nitrogens with one attached hydrogen (secondary N) is 2. The molecule has 2 amide bonds. The molecule has 0 radical (unpaired) electrons. The van der Waals surface area contributed by atoms with Crippen molar-refractivity contribution in [1.82, 2.24) is 10.2 Å². The van der Waals surface area contributed by atoms with Crippen molar-refractivity contribution in [2.45, 2.75) is 36.6 Å². The van der Waals surface area contributed by atoms with Crippen LogP contribution in [-0.2, 0) is 16.0 Å². The van der Waals surface area contributed by atoms with E-state index in [4.69, 9.17) is 0 Å². The van der Waals surface area contributed by atoms with E-state index in [0.29, 0.717) is 12.2 Å². The van der Waals surface area contributed by atoms with Crippen LogP contribution in [0.4, 0.5) is 11.4 Å². The molecule has 1 saturated heterocycles. The van der Waals surface area contributed by atoms with Crippen LogP contribution in [0.3, 0.4) is 0 Å². The van der Waals surface area contributed by atoms with Gasteiger partial charge in [-0.3, -0.25) is 14.5 Å². The van der Waals surface area contributed by atoms with Crippen molar-refractivity contribution in [2.75, 3.05) is 49.7 Å². The van der Waals surface area contributed by atoms with E-state index in [1.54, 1.807) is 0 Å². The summed E-state index contributed by atoms with van der Waals surface area (Å²) >= 11 is 1.54. The summed E-state index contributed by atoms with van der Waals surface area (Å²) in [6, 6.07) is 14.2. The fraction of sp³-hybridized carbons (Fsp3) is 0.440. The molecular formula is C25H32N4O2S. The fourth-order valence-electron chi connectivity index (χ4n) is 4.68. The van der Waals surface area contributed by atoms with Gasteiger partial charge in [0.1, 0.15) is 0 Å². The number of hydrogen-bond donors (Lipinski definition) is 2. The quantitative estimate of drug-likeness (QED) is 0.517. The first-order valence-electron chi connectivity index (χ1n) is 11.4. The van der Waals surface area contributed by atoms with Crippen LogP contribution in [0, 0.1) is 0 Å². The van der Waals surface area contributed by atoms with Gasteiger partial charge in [-0.05, 0) is 67.9 Å². The Morgan fingerprint density at radius 2 is 1.81 bits per heavy atom. The summed E-state index contributed by atoms with van der Waals surface area (Å²) in [7, 11) is 2.13. The van der Waals surface area contributed by atoms with E-state index in [9.17, 15) is 9.59 Å². The van der Waals surface area contributed by atoms with Crippen LogP contribution >= 0.6 is 11.8 Å². The van der Waals surface area contributed by atoms with Crippen molar-refractivity contribution >= 4 is 35.0 Å². The molecule has 0 spiro atoms. The zero-order chi connectivity index (χ0) is 22.5. The predicted molar refractivity (Wildman–Crippen MR) is 131 cm³/mol. The van der Waals surface area contributed by atoms with Gasteiger partial charge in [0.15, 0.2) is 0 Å². The molecule has 2 aliphatic rings. The molecule has 0 aliphatic carbocycles. The highest BCUT2D eigenvalue weighted by atomic mass is 32.2. The number of likely N-dealkylation sites (N-methyl/N-ethyl adjacent to an activating group) is 1. The van der Waals surface area contributed by atoms with Gasteiger partial charge in [-0.15, -0.1) is 11.8 Å². The van der Waals surface area contributed by atoms with Crippen LogP contribution in [0.5, 0.6) is 0 Å². The Labute approximate surface area is 194 Å². The molecule has 2 N–H and O–H groups in total. The molecule has 1 atom stereocenters. The number of nitrogens with zero attached hydrogens (tertiary/aromatic N) is 2. The van der Waals surface area contributed by atoms with E-state index in [0.717, 1.165) is 31.0 Å². The van der Waals surface area contributed by atoms with Gasteiger partial charge >= 0.3 is 11.8 Å². The molecule has 0 aromatic heterocycles. The van der Waals surface area contributed by atoms with Gasteiger partial charge in [-0.25, -0.2) is 0 Å². The maximum atomic E-state index is 12.6. The average Bonchev–Trinajstić information content (AvgIpc) is 3.20. The number of hydrogen-bond acceptors (Lipinski definition) is 5. The second kappa shape index (κ2) is 10.4. The second-order valence-corrected chi connectivity index (χ2v) is 9.38. The third kappa shape index (κ3) is 5.10. The van der Waals surface area contributed by atoms with Crippen molar-refractivity contribution in [3.63, 3.8) is 0 Å². The third-order valence-corrected chi connectivity index (χ3v) is 7.26. The summed E-state index contributed by atoms with van der Waals surface area (Å²) in [5.74, 6) is -1.22. The van der Waals surface area contributed by atoms with Gasteiger partial charge in [0, 0.05) is 30.7 Å². The summed E-state index contributed by atoms with van der Waals surface area (Å²) in [4.78, 5) is 30.9. The molecule has 2 aromatic rings. The Kier molecular flexibility index (Phi) is 7.37. The predicted octanol–water partition coefficient (Wildman–Crippen LogP) is 3.68. The Balaban J connectivity index is 1.45. The fourth-order valence-corrected chi connectivity index (χ4v) is 5.23. The highest BCUT2D eigenvalue weighted by molar-refractivity contribution is 7.98. The standard InChI is InChI=1S/C25H32N4O2S/c1-28-15-12-19-16-18(10-11-21(19)28)22(29-13-6-3-7-14-29)17-26-24(30)25(31)27-20-8-4-5-9-23(20)32-2/h4-5,8-11,16,22H,3,6-7,12-15,17H2,1-2H3,(H,26,30)(H,27,31)/t22-/m1/s1.